The summed E-state index contributed by atoms with van der Waals surface area (Å²) in [6, 6.07) is 14.7. The molecular weight excluding hydrogens is 484 g/mol. The van der Waals surface area contributed by atoms with Gasteiger partial charge in [0.15, 0.2) is 0 Å². The molecule has 0 radical (unpaired) electrons. The number of amides is 3. The Morgan fingerprint density at radius 3 is 2.03 bits per heavy atom. The van der Waals surface area contributed by atoms with Gasteiger partial charge in [-0.25, -0.2) is 9.78 Å². The van der Waals surface area contributed by atoms with E-state index in [2.05, 4.69) is 10.6 Å². The fourth-order valence-electron chi connectivity index (χ4n) is 3.62. The predicted molar refractivity (Wildman–Crippen MR) is 149 cm³/mol. The zero-order valence-corrected chi connectivity index (χ0v) is 23.2. The fourth-order valence-corrected chi connectivity index (χ4v) is 3.62. The quantitative estimate of drug-likeness (QED) is 0.419. The number of methoxy groups -OCH3 is 2. The van der Waals surface area contributed by atoms with Crippen molar-refractivity contribution in [3.63, 3.8) is 0 Å². The van der Waals surface area contributed by atoms with Gasteiger partial charge in [0.25, 0.3) is 0 Å². The van der Waals surface area contributed by atoms with Crippen LogP contribution in [0, 0.1) is 0 Å². The molecule has 0 aliphatic heterocycles. The van der Waals surface area contributed by atoms with Crippen molar-refractivity contribution in [1.82, 2.24) is 24.7 Å². The first kappa shape index (κ1) is 28.5. The summed E-state index contributed by atoms with van der Waals surface area (Å²) in [4.78, 5) is 34.3. The number of imidazole rings is 1. The van der Waals surface area contributed by atoms with E-state index in [0.717, 1.165) is 22.7 Å². The number of nitrogens with one attached hydrogen (secondary N) is 2. The number of urea groups is 1. The van der Waals surface area contributed by atoms with Gasteiger partial charge in [-0.3, -0.25) is 14.7 Å². The molecule has 204 valence electrons. The van der Waals surface area contributed by atoms with Crippen LogP contribution in [0.2, 0.25) is 0 Å². The summed E-state index contributed by atoms with van der Waals surface area (Å²) in [6.07, 6.45) is 1.86. The molecule has 2 N–H and O–H groups in total. The SMILES string of the molecule is COc1ccc(-c2cn(-c3ccc(OC)cc3)c(NC(=O)CN(CCN(C)C)C(=O)NC(C)(C)C)n2)cc1. The van der Waals surface area contributed by atoms with E-state index in [4.69, 9.17) is 14.5 Å². The Hall–Kier alpha value is -4.05. The third-order valence-electron chi connectivity index (χ3n) is 5.61. The second kappa shape index (κ2) is 12.5. The Balaban J connectivity index is 1.89. The van der Waals surface area contributed by atoms with Crippen LogP contribution >= 0.6 is 0 Å². The molecule has 0 fully saturated rings. The van der Waals surface area contributed by atoms with Crippen LogP contribution in [0.15, 0.2) is 54.7 Å². The summed E-state index contributed by atoms with van der Waals surface area (Å²) in [5, 5.41) is 5.85. The van der Waals surface area contributed by atoms with Crippen LogP contribution in [-0.2, 0) is 4.79 Å². The maximum atomic E-state index is 13.2. The molecule has 0 atom stereocenters. The highest BCUT2D eigenvalue weighted by atomic mass is 16.5. The molecule has 0 saturated carbocycles. The number of hydrogen-bond acceptors (Lipinski definition) is 6. The minimum Gasteiger partial charge on any atom is -0.497 e. The lowest BCUT2D eigenvalue weighted by Gasteiger charge is -2.29. The summed E-state index contributed by atoms with van der Waals surface area (Å²) in [5.74, 6) is 1.45. The van der Waals surface area contributed by atoms with E-state index in [0.29, 0.717) is 24.7 Å². The highest BCUT2D eigenvalue weighted by Gasteiger charge is 2.23. The number of aromatic nitrogens is 2. The van der Waals surface area contributed by atoms with E-state index < -0.39 is 5.54 Å². The van der Waals surface area contributed by atoms with Crippen LogP contribution in [-0.4, -0.2) is 84.8 Å². The van der Waals surface area contributed by atoms with E-state index in [1.807, 2.05) is 94.5 Å². The van der Waals surface area contributed by atoms with Crippen LogP contribution in [0.3, 0.4) is 0 Å². The highest BCUT2D eigenvalue weighted by Crippen LogP contribution is 2.27. The van der Waals surface area contributed by atoms with Crippen LogP contribution in [0.5, 0.6) is 11.5 Å². The molecule has 0 saturated heterocycles. The molecule has 1 aromatic heterocycles. The van der Waals surface area contributed by atoms with Gasteiger partial charge >= 0.3 is 6.03 Å². The molecule has 10 heteroatoms. The first-order valence-corrected chi connectivity index (χ1v) is 12.4. The summed E-state index contributed by atoms with van der Waals surface area (Å²) in [6.45, 7) is 6.60. The van der Waals surface area contributed by atoms with E-state index in [1.165, 1.54) is 4.90 Å². The highest BCUT2D eigenvalue weighted by molar-refractivity contribution is 5.93. The molecule has 3 aromatic rings. The number of likely N-dealkylation sites (N-methyl/N-ethyl adjacent to an activating group) is 1. The number of rotatable bonds is 10. The lowest BCUT2D eigenvalue weighted by molar-refractivity contribution is -0.116. The van der Waals surface area contributed by atoms with Crippen LogP contribution in [0.1, 0.15) is 20.8 Å². The Morgan fingerprint density at radius 1 is 0.921 bits per heavy atom. The molecule has 2 aromatic carbocycles. The minimum absolute atomic E-state index is 0.122. The first-order valence-electron chi connectivity index (χ1n) is 12.4. The van der Waals surface area contributed by atoms with E-state index in [-0.39, 0.29) is 18.5 Å². The van der Waals surface area contributed by atoms with Gasteiger partial charge in [-0.15, -0.1) is 0 Å². The molecular formula is C28H38N6O4. The molecule has 3 rings (SSSR count). The van der Waals surface area contributed by atoms with Gasteiger partial charge < -0.3 is 24.6 Å². The minimum atomic E-state index is -0.429. The molecule has 1 heterocycles. The van der Waals surface area contributed by atoms with Gasteiger partial charge in [-0.05, 0) is 83.4 Å². The third-order valence-corrected chi connectivity index (χ3v) is 5.61. The Bertz CT molecular complexity index is 1210. The molecule has 10 nitrogen and oxygen atoms in total. The van der Waals surface area contributed by atoms with Gasteiger partial charge in [-0.2, -0.15) is 0 Å². The molecule has 0 spiro atoms. The summed E-state index contributed by atoms with van der Waals surface area (Å²) in [7, 11) is 7.07. The molecule has 0 unspecified atom stereocenters. The second-order valence-corrected chi connectivity index (χ2v) is 10.2. The molecule has 38 heavy (non-hydrogen) atoms. The Kier molecular flexibility index (Phi) is 9.35. The maximum absolute atomic E-state index is 13.2. The van der Waals surface area contributed by atoms with E-state index in [1.54, 1.807) is 18.8 Å². The fraction of sp³-hybridized carbons (Fsp3) is 0.393. The zero-order chi connectivity index (χ0) is 27.9. The van der Waals surface area contributed by atoms with Gasteiger partial charge in [0.1, 0.15) is 18.0 Å². The number of carbonyl (C=O) groups is 2. The van der Waals surface area contributed by atoms with Gasteiger partial charge in [0, 0.05) is 36.1 Å². The number of hydrogen-bond donors (Lipinski definition) is 2. The van der Waals surface area contributed by atoms with Crippen molar-refractivity contribution in [3.8, 4) is 28.4 Å². The smallest absolute Gasteiger partial charge is 0.318 e. The molecule has 3 amide bonds. The Labute approximate surface area is 224 Å². The van der Waals surface area contributed by atoms with Crippen LogP contribution in [0.25, 0.3) is 16.9 Å². The molecule has 0 bridgehead atoms. The monoisotopic (exact) mass is 522 g/mol. The van der Waals surface area contributed by atoms with Crippen molar-refractivity contribution in [3.05, 3.63) is 54.7 Å². The summed E-state index contributed by atoms with van der Waals surface area (Å²) in [5.41, 5.74) is 1.91. The van der Waals surface area contributed by atoms with Crippen molar-refractivity contribution >= 4 is 17.9 Å². The largest absolute Gasteiger partial charge is 0.497 e. The number of benzene rings is 2. The van der Waals surface area contributed by atoms with Crippen molar-refractivity contribution in [1.29, 1.82) is 0 Å². The molecule has 0 aliphatic rings. The summed E-state index contributed by atoms with van der Waals surface area (Å²) >= 11 is 0. The lowest BCUT2D eigenvalue weighted by atomic mass is 10.1. The number of nitrogens with zero attached hydrogens (tertiary/aromatic N) is 4. The average molecular weight is 523 g/mol. The normalized spacial score (nSPS) is 11.3. The zero-order valence-electron chi connectivity index (χ0n) is 23.2. The van der Waals surface area contributed by atoms with Gasteiger partial charge in [0.05, 0.1) is 19.9 Å². The topological polar surface area (TPSA) is 101 Å². The molecule has 0 aliphatic carbocycles. The second-order valence-electron chi connectivity index (χ2n) is 10.2. The third kappa shape index (κ3) is 7.97. The van der Waals surface area contributed by atoms with Crippen molar-refractivity contribution < 1.29 is 19.1 Å². The van der Waals surface area contributed by atoms with Crippen LogP contribution < -0.4 is 20.1 Å². The van der Waals surface area contributed by atoms with Crippen molar-refractivity contribution in [2.24, 2.45) is 0 Å². The predicted octanol–water partition coefficient (Wildman–Crippen LogP) is 3.87. The van der Waals surface area contributed by atoms with Gasteiger partial charge in [-0.1, -0.05) is 0 Å². The lowest BCUT2D eigenvalue weighted by Crippen LogP contribution is -2.51. The van der Waals surface area contributed by atoms with E-state index in [9.17, 15) is 9.59 Å². The van der Waals surface area contributed by atoms with Crippen molar-refractivity contribution in [2.45, 2.75) is 26.3 Å². The first-order chi connectivity index (χ1) is 18.0. The van der Waals surface area contributed by atoms with Gasteiger partial charge in [0.2, 0.25) is 11.9 Å². The van der Waals surface area contributed by atoms with Crippen LogP contribution in [0.4, 0.5) is 10.7 Å². The number of carbonyl (C=O) groups excluding carboxylic acids is 2. The Morgan fingerprint density at radius 2 is 1.50 bits per heavy atom. The summed E-state index contributed by atoms with van der Waals surface area (Å²) < 4.78 is 12.3. The maximum Gasteiger partial charge on any atom is 0.318 e. The number of anilines is 1. The van der Waals surface area contributed by atoms with Crippen molar-refractivity contribution in [2.75, 3.05) is 53.3 Å². The number of ether oxygens (including phenoxy) is 2. The average Bonchev–Trinajstić information content (AvgIpc) is 3.28. The standard InChI is InChI=1S/C28H38N6O4/c1-28(2,3)31-27(36)33(17-16-32(4)5)19-25(35)30-26-29-24(20-8-12-22(37-6)13-9-20)18-34(26)21-10-14-23(38-7)15-11-21/h8-15,18H,16-17,19H2,1-7H3,(H,31,36)(H,29,30,35). The van der Waals surface area contributed by atoms with E-state index >= 15 is 0 Å².